The van der Waals surface area contributed by atoms with E-state index in [0.717, 1.165) is 0 Å². The number of guanidine groups is 1. The molecule has 5 atom stereocenters. The van der Waals surface area contributed by atoms with Crippen molar-refractivity contribution in [2.45, 2.75) is 75.7 Å². The van der Waals surface area contributed by atoms with Crippen molar-refractivity contribution in [2.24, 2.45) is 27.9 Å². The smallest absolute Gasteiger partial charge is 0.326 e. The monoisotopic (exact) mass is 532 g/mol. The van der Waals surface area contributed by atoms with Gasteiger partial charge in [-0.25, -0.2) is 4.79 Å². The van der Waals surface area contributed by atoms with E-state index in [9.17, 15) is 39.0 Å². The molecule has 0 saturated heterocycles. The van der Waals surface area contributed by atoms with Gasteiger partial charge in [-0.2, -0.15) is 0 Å². The molecule has 0 spiro atoms. The zero-order valence-electron chi connectivity index (χ0n) is 20.4. The number of aliphatic imine (C=N–C) groups is 1. The van der Waals surface area contributed by atoms with E-state index in [0.29, 0.717) is 6.42 Å². The highest BCUT2D eigenvalue weighted by Crippen LogP contribution is 2.05. The lowest BCUT2D eigenvalue weighted by molar-refractivity contribution is -0.143. The van der Waals surface area contributed by atoms with Gasteiger partial charge in [-0.15, -0.1) is 0 Å². The van der Waals surface area contributed by atoms with Crippen LogP contribution in [0.3, 0.4) is 0 Å². The summed E-state index contributed by atoms with van der Waals surface area (Å²) in [5, 5.41) is 34.8. The number of carbonyl (C=O) groups excluding carboxylic acids is 4. The first-order valence-corrected chi connectivity index (χ1v) is 11.3. The van der Waals surface area contributed by atoms with Crippen molar-refractivity contribution >= 4 is 41.5 Å². The summed E-state index contributed by atoms with van der Waals surface area (Å²) in [5.74, 6) is -6.63. The lowest BCUT2D eigenvalue weighted by atomic mass is 10.1. The Hall–Kier alpha value is -3.99. The third kappa shape index (κ3) is 14.2. The second-order valence-corrected chi connectivity index (χ2v) is 8.18. The van der Waals surface area contributed by atoms with E-state index in [-0.39, 0.29) is 31.8 Å². The van der Waals surface area contributed by atoms with Gasteiger partial charge in [0, 0.05) is 19.4 Å². The summed E-state index contributed by atoms with van der Waals surface area (Å²) in [5.41, 5.74) is 21.2. The molecule has 0 radical (unpaired) electrons. The Labute approximate surface area is 212 Å². The molecule has 0 rings (SSSR count). The number of aliphatic hydroxyl groups excluding tert-OH is 1. The molecular formula is C20H36N8O9. The minimum atomic E-state index is -1.58. The van der Waals surface area contributed by atoms with Gasteiger partial charge >= 0.3 is 11.9 Å². The summed E-state index contributed by atoms with van der Waals surface area (Å²) in [6.07, 6.45) is -2.69. The first-order valence-electron chi connectivity index (χ1n) is 11.3. The molecule has 17 heteroatoms. The van der Waals surface area contributed by atoms with Crippen LogP contribution in [0.5, 0.6) is 0 Å². The molecule has 0 fully saturated rings. The van der Waals surface area contributed by atoms with Gasteiger partial charge in [0.15, 0.2) is 5.96 Å². The Kier molecular flexibility index (Phi) is 14.8. The number of carboxylic acids is 2. The third-order valence-corrected chi connectivity index (χ3v) is 4.94. The van der Waals surface area contributed by atoms with Gasteiger partial charge < -0.3 is 54.2 Å². The van der Waals surface area contributed by atoms with Crippen LogP contribution >= 0.6 is 0 Å². The van der Waals surface area contributed by atoms with Crippen molar-refractivity contribution in [2.75, 3.05) is 6.54 Å². The number of nitrogens with two attached hydrogens (primary N) is 4. The molecule has 0 aliphatic heterocycles. The van der Waals surface area contributed by atoms with Crippen molar-refractivity contribution in [3.8, 4) is 0 Å². The number of aliphatic hydroxyl groups is 1. The Balaban J connectivity index is 5.41. The molecule has 0 aromatic heterocycles. The lowest BCUT2D eigenvalue weighted by Gasteiger charge is -2.26. The summed E-state index contributed by atoms with van der Waals surface area (Å²) >= 11 is 0. The van der Waals surface area contributed by atoms with Gasteiger partial charge in [-0.1, -0.05) is 0 Å². The fraction of sp³-hybridized carbons (Fsp3) is 0.650. The second-order valence-electron chi connectivity index (χ2n) is 8.18. The van der Waals surface area contributed by atoms with Crippen LogP contribution in [0.15, 0.2) is 4.99 Å². The number of nitrogens with one attached hydrogen (secondary N) is 3. The number of primary amides is 1. The first-order chi connectivity index (χ1) is 17.1. The maximum absolute atomic E-state index is 12.8. The number of amides is 4. The van der Waals surface area contributed by atoms with Gasteiger partial charge in [0.25, 0.3) is 0 Å². The summed E-state index contributed by atoms with van der Waals surface area (Å²) in [7, 11) is 0. The number of aliphatic carboxylic acids is 2. The number of nitrogens with zero attached hydrogens (tertiary/aromatic N) is 1. The quantitative estimate of drug-likeness (QED) is 0.0453. The standard InChI is InChI=1S/C20H36N8O9/c1-9(29)15(28-16(33)10(21)3-2-8-25-20(23)24)18(35)26-11(5-7-14(31)32)17(34)27-12(19(36)37)4-6-13(22)30/h9-12,15,29H,2-8,21H2,1H3,(H2,22,30)(H,26,35)(H,27,34)(H,28,33)(H,31,32)(H,36,37)(H4,23,24,25). The van der Waals surface area contributed by atoms with Gasteiger partial charge in [0.05, 0.1) is 12.1 Å². The third-order valence-electron chi connectivity index (χ3n) is 4.94. The molecule has 0 bridgehead atoms. The normalized spacial score (nSPS) is 14.7. The number of carboxylic acid groups (broad SMARTS) is 2. The van der Waals surface area contributed by atoms with Crippen molar-refractivity contribution in [1.29, 1.82) is 0 Å². The van der Waals surface area contributed by atoms with Gasteiger partial charge in [-0.3, -0.25) is 29.0 Å². The fourth-order valence-electron chi connectivity index (χ4n) is 2.93. The topological polar surface area (TPSA) is 316 Å². The molecule has 5 unspecified atom stereocenters. The number of hydrogen-bond donors (Lipinski definition) is 10. The molecule has 210 valence electrons. The maximum atomic E-state index is 12.8. The molecule has 37 heavy (non-hydrogen) atoms. The van der Waals surface area contributed by atoms with Crippen molar-refractivity contribution in [3.05, 3.63) is 0 Å². The molecule has 0 aromatic rings. The van der Waals surface area contributed by atoms with Crippen LogP contribution in [0.2, 0.25) is 0 Å². The van der Waals surface area contributed by atoms with Gasteiger partial charge in [-0.05, 0) is 32.6 Å². The highest BCUT2D eigenvalue weighted by molar-refractivity contribution is 5.94. The number of rotatable bonds is 18. The van der Waals surface area contributed by atoms with Crippen LogP contribution in [-0.4, -0.2) is 93.7 Å². The zero-order chi connectivity index (χ0) is 28.7. The van der Waals surface area contributed by atoms with E-state index in [1.807, 2.05) is 0 Å². The highest BCUT2D eigenvalue weighted by Gasteiger charge is 2.32. The lowest BCUT2D eigenvalue weighted by Crippen LogP contribution is -2.59. The van der Waals surface area contributed by atoms with Crippen LogP contribution in [0, 0.1) is 0 Å². The number of hydrogen-bond acceptors (Lipinski definition) is 9. The summed E-state index contributed by atoms with van der Waals surface area (Å²) in [4.78, 5) is 75.0. The summed E-state index contributed by atoms with van der Waals surface area (Å²) < 4.78 is 0. The average Bonchev–Trinajstić information content (AvgIpc) is 2.78. The summed E-state index contributed by atoms with van der Waals surface area (Å²) in [6, 6.07) is -5.77. The Morgan fingerprint density at radius 2 is 1.38 bits per heavy atom. The van der Waals surface area contributed by atoms with Crippen LogP contribution in [0.25, 0.3) is 0 Å². The minimum absolute atomic E-state index is 0.132. The molecular weight excluding hydrogens is 496 g/mol. The van der Waals surface area contributed by atoms with E-state index in [4.69, 9.17) is 28.0 Å². The molecule has 0 aliphatic carbocycles. The van der Waals surface area contributed by atoms with Gasteiger partial charge in [0.1, 0.15) is 18.1 Å². The Morgan fingerprint density at radius 1 is 0.811 bits per heavy atom. The molecule has 0 aromatic carbocycles. The molecule has 0 saturated carbocycles. The van der Waals surface area contributed by atoms with E-state index >= 15 is 0 Å². The molecule has 4 amide bonds. The fourth-order valence-corrected chi connectivity index (χ4v) is 2.93. The van der Waals surface area contributed by atoms with Crippen molar-refractivity contribution < 1.29 is 44.1 Å². The molecule has 17 nitrogen and oxygen atoms in total. The van der Waals surface area contributed by atoms with E-state index < -0.39 is 78.7 Å². The number of carbonyl (C=O) groups is 6. The maximum Gasteiger partial charge on any atom is 0.326 e. The van der Waals surface area contributed by atoms with Crippen molar-refractivity contribution in [1.82, 2.24) is 16.0 Å². The highest BCUT2D eigenvalue weighted by atomic mass is 16.4. The minimum Gasteiger partial charge on any atom is -0.481 e. The van der Waals surface area contributed by atoms with E-state index in [1.165, 1.54) is 6.92 Å². The van der Waals surface area contributed by atoms with Crippen molar-refractivity contribution in [3.63, 3.8) is 0 Å². The molecule has 0 aliphatic rings. The predicted molar refractivity (Wildman–Crippen MR) is 128 cm³/mol. The zero-order valence-corrected chi connectivity index (χ0v) is 20.4. The van der Waals surface area contributed by atoms with Gasteiger partial charge in [0.2, 0.25) is 23.6 Å². The first kappa shape index (κ1) is 33.0. The largest absolute Gasteiger partial charge is 0.481 e. The second kappa shape index (κ2) is 16.6. The molecule has 14 N–H and O–H groups in total. The predicted octanol–water partition coefficient (Wildman–Crippen LogP) is -4.58. The molecule has 0 heterocycles. The van der Waals surface area contributed by atoms with Crippen LogP contribution in [-0.2, 0) is 28.8 Å². The van der Waals surface area contributed by atoms with Crippen LogP contribution < -0.4 is 38.9 Å². The average molecular weight is 533 g/mol. The van der Waals surface area contributed by atoms with Crippen LogP contribution in [0.1, 0.15) is 45.4 Å². The van der Waals surface area contributed by atoms with Crippen LogP contribution in [0.4, 0.5) is 0 Å². The summed E-state index contributed by atoms with van der Waals surface area (Å²) in [6.45, 7) is 1.40. The van der Waals surface area contributed by atoms with E-state index in [2.05, 4.69) is 20.9 Å². The van der Waals surface area contributed by atoms with E-state index in [1.54, 1.807) is 0 Å². The SMILES string of the molecule is CC(O)C(NC(=O)C(N)CCCN=C(N)N)C(=O)NC(CCC(=O)O)C(=O)NC(CCC(N)=O)C(=O)O. The Morgan fingerprint density at radius 3 is 1.86 bits per heavy atom. The Bertz CT molecular complexity index is 861.